The molecular formula is C26H20F3N3. The number of pyridine rings is 1. The summed E-state index contributed by atoms with van der Waals surface area (Å²) in [6.07, 6.45) is -2.83. The summed E-state index contributed by atoms with van der Waals surface area (Å²) in [6.45, 7) is 0. The van der Waals surface area contributed by atoms with Gasteiger partial charge in [-0.25, -0.2) is 0 Å². The van der Waals surface area contributed by atoms with Crippen LogP contribution in [0.15, 0.2) is 85.1 Å². The van der Waals surface area contributed by atoms with Gasteiger partial charge in [0.25, 0.3) is 0 Å². The fraction of sp³-hybridized carbons (Fsp3) is 0.115. The van der Waals surface area contributed by atoms with Crippen molar-refractivity contribution >= 4 is 27.5 Å². The Morgan fingerprint density at radius 3 is 2.00 bits per heavy atom. The molecule has 0 amide bonds. The minimum Gasteiger partial charge on any atom is -0.378 e. The molecule has 0 N–H and O–H groups in total. The molecule has 0 radical (unpaired) electrons. The maximum absolute atomic E-state index is 13.6. The van der Waals surface area contributed by atoms with Crippen molar-refractivity contribution < 1.29 is 13.2 Å². The van der Waals surface area contributed by atoms with Crippen LogP contribution in [-0.2, 0) is 6.18 Å². The van der Waals surface area contributed by atoms with Gasteiger partial charge in [0.1, 0.15) is 0 Å². The summed E-state index contributed by atoms with van der Waals surface area (Å²) < 4.78 is 42.9. The third-order valence-corrected chi connectivity index (χ3v) is 5.68. The van der Waals surface area contributed by atoms with Crippen LogP contribution in [0.2, 0.25) is 0 Å². The van der Waals surface area contributed by atoms with Gasteiger partial charge < -0.3 is 9.47 Å². The SMILES string of the molecule is CN(C)c1ccnc(-c2cc(C(F)(F)F)ccc2-n2c3ccccc3c3ccccc32)c1. The molecule has 0 bridgehead atoms. The fourth-order valence-electron chi connectivity index (χ4n) is 4.14. The molecule has 0 aliphatic rings. The van der Waals surface area contributed by atoms with Crippen LogP contribution in [0.3, 0.4) is 0 Å². The van der Waals surface area contributed by atoms with Gasteiger partial charge >= 0.3 is 6.18 Å². The number of hydrogen-bond donors (Lipinski definition) is 0. The minimum atomic E-state index is -4.45. The Morgan fingerprint density at radius 1 is 0.781 bits per heavy atom. The van der Waals surface area contributed by atoms with Crippen LogP contribution in [0.1, 0.15) is 5.56 Å². The monoisotopic (exact) mass is 431 g/mol. The third kappa shape index (κ3) is 3.28. The largest absolute Gasteiger partial charge is 0.416 e. The van der Waals surface area contributed by atoms with Crippen molar-refractivity contribution in [2.75, 3.05) is 19.0 Å². The van der Waals surface area contributed by atoms with E-state index >= 15 is 0 Å². The van der Waals surface area contributed by atoms with Gasteiger partial charge in [0.15, 0.2) is 0 Å². The first-order valence-electron chi connectivity index (χ1n) is 10.2. The first-order chi connectivity index (χ1) is 15.3. The van der Waals surface area contributed by atoms with Gasteiger partial charge in [-0.3, -0.25) is 4.98 Å². The summed E-state index contributed by atoms with van der Waals surface area (Å²) in [5.74, 6) is 0. The first kappa shape index (κ1) is 20.1. The summed E-state index contributed by atoms with van der Waals surface area (Å²) in [4.78, 5) is 6.34. The van der Waals surface area contributed by atoms with E-state index in [1.54, 1.807) is 12.3 Å². The lowest BCUT2D eigenvalue weighted by atomic mass is 10.0. The quantitative estimate of drug-likeness (QED) is 0.309. The molecule has 2 heterocycles. The predicted octanol–water partition coefficient (Wildman–Crippen LogP) is 6.93. The number of rotatable bonds is 3. The lowest BCUT2D eigenvalue weighted by Gasteiger charge is -2.18. The van der Waals surface area contributed by atoms with E-state index in [0.29, 0.717) is 16.9 Å². The molecule has 0 atom stereocenters. The molecule has 0 aliphatic carbocycles. The molecular weight excluding hydrogens is 411 g/mol. The molecule has 0 saturated heterocycles. The highest BCUT2D eigenvalue weighted by molar-refractivity contribution is 6.09. The molecule has 3 nitrogen and oxygen atoms in total. The van der Waals surface area contributed by atoms with E-state index in [1.165, 1.54) is 6.07 Å². The second-order valence-electron chi connectivity index (χ2n) is 7.89. The molecule has 5 aromatic rings. The van der Waals surface area contributed by atoms with Crippen LogP contribution in [0, 0.1) is 0 Å². The van der Waals surface area contributed by atoms with Crippen LogP contribution in [0.25, 0.3) is 38.8 Å². The van der Waals surface area contributed by atoms with Crippen molar-refractivity contribution in [3.8, 4) is 16.9 Å². The molecule has 0 aliphatic heterocycles. The summed E-state index contributed by atoms with van der Waals surface area (Å²) in [7, 11) is 3.78. The Labute approximate surface area is 183 Å². The van der Waals surface area contributed by atoms with Crippen molar-refractivity contribution in [1.82, 2.24) is 9.55 Å². The number of aromatic nitrogens is 2. The highest BCUT2D eigenvalue weighted by atomic mass is 19.4. The number of fused-ring (bicyclic) bond motifs is 3. The number of alkyl halides is 3. The van der Waals surface area contributed by atoms with Gasteiger partial charge in [-0.1, -0.05) is 36.4 Å². The predicted molar refractivity (Wildman–Crippen MR) is 123 cm³/mol. The van der Waals surface area contributed by atoms with Crippen LogP contribution < -0.4 is 4.90 Å². The van der Waals surface area contributed by atoms with Crippen LogP contribution >= 0.6 is 0 Å². The number of nitrogens with zero attached hydrogens (tertiary/aromatic N) is 3. The topological polar surface area (TPSA) is 21.1 Å². The first-order valence-corrected chi connectivity index (χ1v) is 10.2. The van der Waals surface area contributed by atoms with Gasteiger partial charge in [0.2, 0.25) is 0 Å². The molecule has 6 heteroatoms. The van der Waals surface area contributed by atoms with E-state index in [9.17, 15) is 13.2 Å². The molecule has 3 aromatic carbocycles. The molecule has 5 rings (SSSR count). The van der Waals surface area contributed by atoms with Crippen LogP contribution in [-0.4, -0.2) is 23.6 Å². The standard InChI is InChI=1S/C26H20F3N3/c1-31(2)18-13-14-30-22(16-18)21-15-17(26(27,28)29)11-12-25(21)32-23-9-5-3-7-19(23)20-8-4-6-10-24(20)32/h3-16H,1-2H3. The highest BCUT2D eigenvalue weighted by Crippen LogP contribution is 2.39. The lowest BCUT2D eigenvalue weighted by molar-refractivity contribution is -0.137. The smallest absolute Gasteiger partial charge is 0.378 e. The molecule has 0 fully saturated rings. The molecule has 0 spiro atoms. The molecule has 160 valence electrons. The fourth-order valence-corrected chi connectivity index (χ4v) is 4.14. The minimum absolute atomic E-state index is 0.426. The zero-order valence-electron chi connectivity index (χ0n) is 17.6. The normalized spacial score (nSPS) is 11.9. The molecule has 0 unspecified atom stereocenters. The number of benzene rings is 3. The van der Waals surface area contributed by atoms with Crippen molar-refractivity contribution in [3.63, 3.8) is 0 Å². The van der Waals surface area contributed by atoms with E-state index in [-0.39, 0.29) is 0 Å². The van der Waals surface area contributed by atoms with E-state index in [0.717, 1.165) is 33.6 Å². The Kier molecular flexibility index (Phi) is 4.66. The van der Waals surface area contributed by atoms with Crippen molar-refractivity contribution in [1.29, 1.82) is 0 Å². The number of halogens is 3. The Morgan fingerprint density at radius 2 is 1.41 bits per heavy atom. The molecule has 2 aromatic heterocycles. The number of para-hydroxylation sites is 2. The van der Waals surface area contributed by atoms with Crippen molar-refractivity contribution in [3.05, 3.63) is 90.6 Å². The summed E-state index contributed by atoms with van der Waals surface area (Å²) >= 11 is 0. The molecule has 0 saturated carbocycles. The zero-order chi connectivity index (χ0) is 22.5. The maximum Gasteiger partial charge on any atom is 0.416 e. The van der Waals surface area contributed by atoms with E-state index < -0.39 is 11.7 Å². The summed E-state index contributed by atoms with van der Waals surface area (Å²) in [5, 5.41) is 2.09. The zero-order valence-corrected chi connectivity index (χ0v) is 17.6. The van der Waals surface area contributed by atoms with E-state index in [1.807, 2.05) is 84.2 Å². The van der Waals surface area contributed by atoms with Gasteiger partial charge in [0.05, 0.1) is 28.0 Å². The van der Waals surface area contributed by atoms with Crippen molar-refractivity contribution in [2.45, 2.75) is 6.18 Å². The average Bonchev–Trinajstić information content (AvgIpc) is 3.12. The average molecular weight is 431 g/mol. The Bertz CT molecular complexity index is 1390. The van der Waals surface area contributed by atoms with E-state index in [2.05, 4.69) is 4.98 Å². The van der Waals surface area contributed by atoms with Gasteiger partial charge in [-0.05, 0) is 42.5 Å². The van der Waals surface area contributed by atoms with Gasteiger partial charge in [-0.15, -0.1) is 0 Å². The third-order valence-electron chi connectivity index (χ3n) is 5.68. The second kappa shape index (κ2) is 7.41. The Balaban J connectivity index is 1.87. The van der Waals surface area contributed by atoms with Crippen LogP contribution in [0.5, 0.6) is 0 Å². The van der Waals surface area contributed by atoms with Gasteiger partial charge in [-0.2, -0.15) is 13.2 Å². The van der Waals surface area contributed by atoms with Crippen LogP contribution in [0.4, 0.5) is 18.9 Å². The maximum atomic E-state index is 13.6. The Hall–Kier alpha value is -3.80. The van der Waals surface area contributed by atoms with Gasteiger partial charge in [0, 0.05) is 42.3 Å². The summed E-state index contributed by atoms with van der Waals surface area (Å²) in [5.41, 5.74) is 3.58. The van der Waals surface area contributed by atoms with Crippen molar-refractivity contribution in [2.24, 2.45) is 0 Å². The van der Waals surface area contributed by atoms with E-state index in [4.69, 9.17) is 0 Å². The highest BCUT2D eigenvalue weighted by Gasteiger charge is 2.31. The molecule has 32 heavy (non-hydrogen) atoms. The summed E-state index contributed by atoms with van der Waals surface area (Å²) in [6, 6.07) is 23.4. The number of anilines is 1. The second-order valence-corrected chi connectivity index (χ2v) is 7.89. The number of hydrogen-bond acceptors (Lipinski definition) is 2. The lowest BCUT2D eigenvalue weighted by Crippen LogP contribution is -2.09.